The molecule has 0 saturated carbocycles. The molecular formula is C7H17O2PS. The van der Waals surface area contributed by atoms with Crippen molar-refractivity contribution >= 4 is 27.4 Å². The Morgan fingerprint density at radius 1 is 1.45 bits per heavy atom. The molecule has 1 unspecified atom stereocenters. The van der Waals surface area contributed by atoms with Crippen molar-refractivity contribution < 1.29 is 9.53 Å². The predicted octanol–water partition coefficient (Wildman–Crippen LogP) is 1.75. The van der Waals surface area contributed by atoms with Crippen molar-refractivity contribution in [3.63, 3.8) is 0 Å². The largest absolute Gasteiger partial charge is 0.380 e. The number of hydrogen-bond acceptors (Lipinski definition) is 3. The highest BCUT2D eigenvalue weighted by molar-refractivity contribution is 7.80. The lowest BCUT2D eigenvalue weighted by Crippen LogP contribution is -2.00. The Balaban J connectivity index is 0. The van der Waals surface area contributed by atoms with E-state index in [4.69, 9.17) is 4.74 Å². The molecule has 2 nitrogen and oxygen atoms in total. The Labute approximate surface area is 76.7 Å². The Bertz CT molecular complexity index is 88.5. The molecule has 4 heteroatoms. The van der Waals surface area contributed by atoms with Crippen LogP contribution in [0.2, 0.25) is 0 Å². The van der Waals surface area contributed by atoms with Crippen LogP contribution in [0.15, 0.2) is 0 Å². The molecule has 1 atom stereocenters. The average Bonchev–Trinajstić information content (AvgIpc) is 2.02. The molecule has 0 spiro atoms. The molecular weight excluding hydrogens is 179 g/mol. The van der Waals surface area contributed by atoms with E-state index in [0.717, 1.165) is 0 Å². The molecule has 0 saturated heterocycles. The highest BCUT2D eigenvalue weighted by atomic mass is 32.1. The molecule has 0 aliphatic rings. The van der Waals surface area contributed by atoms with E-state index in [9.17, 15) is 4.79 Å². The third kappa shape index (κ3) is 17.9. The van der Waals surface area contributed by atoms with E-state index in [1.807, 2.05) is 13.8 Å². The van der Waals surface area contributed by atoms with Gasteiger partial charge in [-0.2, -0.15) is 12.6 Å². The molecule has 0 bridgehead atoms. The van der Waals surface area contributed by atoms with Crippen molar-refractivity contribution in [3.05, 3.63) is 0 Å². The van der Waals surface area contributed by atoms with Gasteiger partial charge in [-0.3, -0.25) is 4.79 Å². The van der Waals surface area contributed by atoms with E-state index in [2.05, 4.69) is 21.9 Å². The summed E-state index contributed by atoms with van der Waals surface area (Å²) in [7, 11) is 2.11. The summed E-state index contributed by atoms with van der Waals surface area (Å²) in [6.45, 7) is 5.14. The molecule has 0 aromatic heterocycles. The second-order valence-corrected chi connectivity index (χ2v) is 2.64. The molecule has 0 aromatic carbocycles. The van der Waals surface area contributed by atoms with E-state index in [1.54, 1.807) is 0 Å². The van der Waals surface area contributed by atoms with E-state index in [1.165, 1.54) is 0 Å². The molecule has 0 aromatic rings. The van der Waals surface area contributed by atoms with E-state index in [-0.39, 0.29) is 5.52 Å². The fourth-order valence-electron chi connectivity index (χ4n) is 0.339. The van der Waals surface area contributed by atoms with Gasteiger partial charge in [0, 0.05) is 12.2 Å². The van der Waals surface area contributed by atoms with Crippen LogP contribution in [-0.2, 0) is 9.53 Å². The smallest absolute Gasteiger partial charge is 0.150 e. The molecule has 0 aliphatic carbocycles. The van der Waals surface area contributed by atoms with Gasteiger partial charge >= 0.3 is 0 Å². The number of carbonyl (C=O) groups excluding carboxylic acids is 1. The minimum absolute atomic E-state index is 0.0918. The van der Waals surface area contributed by atoms with Gasteiger partial charge in [-0.25, -0.2) is 0 Å². The normalized spacial score (nSPS) is 8.36. The lowest BCUT2D eigenvalue weighted by Gasteiger charge is -1.97. The highest BCUT2D eigenvalue weighted by Crippen LogP contribution is 1.92. The van der Waals surface area contributed by atoms with Crippen LogP contribution in [0, 0.1) is 0 Å². The number of rotatable bonds is 5. The summed E-state index contributed by atoms with van der Waals surface area (Å²) in [5.74, 6) is 0.713. The van der Waals surface area contributed by atoms with Gasteiger partial charge in [-0.05, 0) is 0 Å². The van der Waals surface area contributed by atoms with Gasteiger partial charge < -0.3 is 4.74 Å². The fourth-order valence-corrected chi connectivity index (χ4v) is 0.586. The van der Waals surface area contributed by atoms with Gasteiger partial charge in [-0.1, -0.05) is 23.1 Å². The summed E-state index contributed by atoms with van der Waals surface area (Å²) in [4.78, 5) is 10.3. The standard InChI is InChI=1S/C5H11O2PS.C2H6/c6-5(8)1-2-7-3-4-9;1-2/h9H,1-4,8H2;1-2H3. The van der Waals surface area contributed by atoms with Crippen molar-refractivity contribution in [2.24, 2.45) is 0 Å². The summed E-state index contributed by atoms with van der Waals surface area (Å²) >= 11 is 3.93. The van der Waals surface area contributed by atoms with Gasteiger partial charge in [0.15, 0.2) is 5.52 Å². The zero-order valence-corrected chi connectivity index (χ0v) is 9.22. The average molecular weight is 196 g/mol. The predicted molar refractivity (Wildman–Crippen MR) is 55.4 cm³/mol. The van der Waals surface area contributed by atoms with Crippen molar-refractivity contribution in [1.29, 1.82) is 0 Å². The maximum absolute atomic E-state index is 10.3. The van der Waals surface area contributed by atoms with E-state index in [0.29, 0.717) is 25.4 Å². The van der Waals surface area contributed by atoms with Gasteiger partial charge in [0.2, 0.25) is 0 Å². The Kier molecular flexibility index (Phi) is 16.5. The van der Waals surface area contributed by atoms with Crippen molar-refractivity contribution in [3.8, 4) is 0 Å². The van der Waals surface area contributed by atoms with Crippen LogP contribution in [0.5, 0.6) is 0 Å². The number of thiol groups is 1. The summed E-state index contributed by atoms with van der Waals surface area (Å²) in [6, 6.07) is 0. The van der Waals surface area contributed by atoms with Gasteiger partial charge in [0.05, 0.1) is 13.2 Å². The van der Waals surface area contributed by atoms with E-state index >= 15 is 0 Å². The van der Waals surface area contributed by atoms with Crippen molar-refractivity contribution in [2.75, 3.05) is 19.0 Å². The van der Waals surface area contributed by atoms with Crippen LogP contribution in [0.4, 0.5) is 0 Å². The van der Waals surface area contributed by atoms with Crippen LogP contribution >= 0.6 is 21.9 Å². The molecule has 0 aliphatic heterocycles. The van der Waals surface area contributed by atoms with E-state index < -0.39 is 0 Å². The summed E-state index contributed by atoms with van der Waals surface area (Å²) in [5, 5.41) is 0. The SMILES string of the molecule is CC.O=C(P)CCOCCS. The third-order valence-electron chi connectivity index (χ3n) is 0.728. The van der Waals surface area contributed by atoms with Crippen molar-refractivity contribution in [2.45, 2.75) is 20.3 Å². The van der Waals surface area contributed by atoms with Gasteiger partial charge in [0.25, 0.3) is 0 Å². The van der Waals surface area contributed by atoms with Crippen LogP contribution in [-0.4, -0.2) is 24.5 Å². The zero-order chi connectivity index (χ0) is 9.11. The first-order valence-corrected chi connectivity index (χ1v) is 4.95. The first kappa shape index (κ1) is 14.0. The van der Waals surface area contributed by atoms with Crippen LogP contribution in [0.1, 0.15) is 20.3 Å². The molecule has 68 valence electrons. The third-order valence-corrected chi connectivity index (χ3v) is 1.20. The summed E-state index contributed by atoms with van der Waals surface area (Å²) in [5.41, 5.74) is 0.0918. The Morgan fingerprint density at radius 2 is 2.00 bits per heavy atom. The van der Waals surface area contributed by atoms with Crippen LogP contribution in [0.3, 0.4) is 0 Å². The second kappa shape index (κ2) is 13.0. The fraction of sp³-hybridized carbons (Fsp3) is 0.857. The molecule has 0 fully saturated rings. The summed E-state index contributed by atoms with van der Waals surface area (Å²) in [6.07, 6.45) is 0.485. The Morgan fingerprint density at radius 3 is 2.36 bits per heavy atom. The molecule has 0 amide bonds. The zero-order valence-electron chi connectivity index (χ0n) is 7.17. The van der Waals surface area contributed by atoms with Crippen LogP contribution < -0.4 is 0 Å². The van der Waals surface area contributed by atoms with Crippen LogP contribution in [0.25, 0.3) is 0 Å². The minimum Gasteiger partial charge on any atom is -0.380 e. The van der Waals surface area contributed by atoms with Gasteiger partial charge in [-0.15, -0.1) is 0 Å². The molecule has 0 radical (unpaired) electrons. The first-order chi connectivity index (χ1) is 5.27. The Hall–Kier alpha value is 0.410. The monoisotopic (exact) mass is 196 g/mol. The summed E-state index contributed by atoms with van der Waals surface area (Å²) < 4.78 is 4.98. The maximum atomic E-state index is 10.3. The second-order valence-electron chi connectivity index (χ2n) is 1.55. The highest BCUT2D eigenvalue weighted by Gasteiger charge is 1.91. The number of hydrogen-bond donors (Lipinski definition) is 1. The minimum atomic E-state index is 0.0918. The molecule has 0 heterocycles. The lowest BCUT2D eigenvalue weighted by atomic mass is 10.5. The van der Waals surface area contributed by atoms with Gasteiger partial charge in [0.1, 0.15) is 0 Å². The molecule has 0 rings (SSSR count). The first-order valence-electron chi connectivity index (χ1n) is 3.74. The topological polar surface area (TPSA) is 26.3 Å². The van der Waals surface area contributed by atoms with Crippen molar-refractivity contribution in [1.82, 2.24) is 0 Å². The quantitative estimate of drug-likeness (QED) is 0.412. The maximum Gasteiger partial charge on any atom is 0.150 e. The molecule has 11 heavy (non-hydrogen) atoms. The lowest BCUT2D eigenvalue weighted by molar-refractivity contribution is -0.112. The number of ether oxygens (including phenoxy) is 1. The number of carbonyl (C=O) groups is 1. The molecule has 0 N–H and O–H groups in total.